The van der Waals surface area contributed by atoms with Crippen LogP contribution in [0.25, 0.3) is 6.08 Å². The van der Waals surface area contributed by atoms with Crippen molar-refractivity contribution in [2.75, 3.05) is 31.1 Å². The van der Waals surface area contributed by atoms with Gasteiger partial charge in [0.05, 0.1) is 0 Å². The van der Waals surface area contributed by atoms with Crippen LogP contribution in [-0.2, 0) is 10.0 Å². The molecule has 4 nitrogen and oxygen atoms in total. The van der Waals surface area contributed by atoms with Crippen molar-refractivity contribution >= 4 is 33.4 Å². The van der Waals surface area contributed by atoms with E-state index in [1.807, 2.05) is 54.6 Å². The Balaban J connectivity index is 1.64. The van der Waals surface area contributed by atoms with Crippen molar-refractivity contribution in [2.24, 2.45) is 0 Å². The third kappa shape index (κ3) is 4.17. The van der Waals surface area contributed by atoms with Crippen LogP contribution >= 0.6 is 11.6 Å². The fourth-order valence-corrected chi connectivity index (χ4v) is 4.05. The van der Waals surface area contributed by atoms with Gasteiger partial charge in [-0.05, 0) is 29.8 Å². The van der Waals surface area contributed by atoms with Crippen LogP contribution in [0.3, 0.4) is 0 Å². The summed E-state index contributed by atoms with van der Waals surface area (Å²) in [7, 11) is -3.40. The monoisotopic (exact) mass is 362 g/mol. The first-order chi connectivity index (χ1) is 11.5. The topological polar surface area (TPSA) is 40.6 Å². The number of benzene rings is 2. The molecule has 0 amide bonds. The molecule has 1 aliphatic rings. The molecule has 2 aromatic rings. The summed E-state index contributed by atoms with van der Waals surface area (Å²) in [6.45, 7) is 2.24. The summed E-state index contributed by atoms with van der Waals surface area (Å²) >= 11 is 6.02. The van der Waals surface area contributed by atoms with Gasteiger partial charge in [0.1, 0.15) is 0 Å². The molecule has 0 spiro atoms. The quantitative estimate of drug-likeness (QED) is 0.836. The largest absolute Gasteiger partial charge is 0.369 e. The minimum absolute atomic E-state index is 0.466. The second-order valence-corrected chi connectivity index (χ2v) is 7.88. The van der Waals surface area contributed by atoms with Gasteiger partial charge in [-0.25, -0.2) is 8.42 Å². The van der Waals surface area contributed by atoms with E-state index in [4.69, 9.17) is 11.6 Å². The normalized spacial score (nSPS) is 16.6. The molecule has 0 N–H and O–H groups in total. The van der Waals surface area contributed by atoms with Crippen LogP contribution < -0.4 is 4.90 Å². The lowest BCUT2D eigenvalue weighted by Crippen LogP contribution is -2.48. The van der Waals surface area contributed by atoms with Crippen molar-refractivity contribution in [3.8, 4) is 0 Å². The Hall–Kier alpha value is -1.82. The van der Waals surface area contributed by atoms with Gasteiger partial charge >= 0.3 is 0 Å². The second-order valence-electron chi connectivity index (χ2n) is 5.62. The summed E-state index contributed by atoms with van der Waals surface area (Å²) in [5, 5.41) is 1.98. The lowest BCUT2D eigenvalue weighted by atomic mass is 10.2. The molecule has 24 heavy (non-hydrogen) atoms. The lowest BCUT2D eigenvalue weighted by Gasteiger charge is -2.34. The van der Waals surface area contributed by atoms with E-state index >= 15 is 0 Å². The molecule has 0 bridgehead atoms. The van der Waals surface area contributed by atoms with Crippen molar-refractivity contribution in [1.29, 1.82) is 0 Å². The summed E-state index contributed by atoms with van der Waals surface area (Å²) in [4.78, 5) is 2.15. The highest BCUT2D eigenvalue weighted by atomic mass is 35.5. The zero-order valence-electron chi connectivity index (χ0n) is 13.2. The van der Waals surface area contributed by atoms with Crippen molar-refractivity contribution in [3.63, 3.8) is 0 Å². The summed E-state index contributed by atoms with van der Waals surface area (Å²) < 4.78 is 26.4. The first kappa shape index (κ1) is 17.0. The standard InChI is InChI=1S/C18H19ClN2O2S/c19-17-7-4-8-18(15-17)20-10-12-21(13-11-20)24(22,23)14-9-16-5-2-1-3-6-16/h1-9,14-15H,10-13H2/b14-9+. The third-order valence-corrected chi connectivity index (χ3v) is 5.80. The van der Waals surface area contributed by atoms with Crippen LogP contribution in [0, 0.1) is 0 Å². The minimum Gasteiger partial charge on any atom is -0.369 e. The van der Waals surface area contributed by atoms with Crippen molar-refractivity contribution in [3.05, 3.63) is 70.6 Å². The predicted octanol–water partition coefficient (Wildman–Crippen LogP) is 3.46. The van der Waals surface area contributed by atoms with Gasteiger partial charge < -0.3 is 4.90 Å². The number of piperazine rings is 1. The van der Waals surface area contributed by atoms with Crippen LogP contribution in [0.4, 0.5) is 5.69 Å². The van der Waals surface area contributed by atoms with E-state index < -0.39 is 10.0 Å². The average molecular weight is 363 g/mol. The van der Waals surface area contributed by atoms with E-state index in [9.17, 15) is 8.42 Å². The maximum atomic E-state index is 12.5. The van der Waals surface area contributed by atoms with E-state index in [1.54, 1.807) is 6.08 Å². The van der Waals surface area contributed by atoms with Crippen LogP contribution in [-0.4, -0.2) is 38.9 Å². The maximum absolute atomic E-state index is 12.5. The molecule has 1 saturated heterocycles. The highest BCUT2D eigenvalue weighted by Gasteiger charge is 2.25. The van der Waals surface area contributed by atoms with Gasteiger partial charge in [-0.1, -0.05) is 48.0 Å². The molecule has 0 atom stereocenters. The van der Waals surface area contributed by atoms with E-state index in [-0.39, 0.29) is 0 Å². The smallest absolute Gasteiger partial charge is 0.236 e. The molecule has 0 unspecified atom stereocenters. The molecule has 0 aliphatic carbocycles. The van der Waals surface area contributed by atoms with Crippen LogP contribution in [0.2, 0.25) is 5.02 Å². The highest BCUT2D eigenvalue weighted by Crippen LogP contribution is 2.21. The lowest BCUT2D eigenvalue weighted by molar-refractivity contribution is 0.390. The number of anilines is 1. The van der Waals surface area contributed by atoms with Gasteiger partial charge in [0, 0.05) is 42.3 Å². The summed E-state index contributed by atoms with van der Waals surface area (Å²) in [5.41, 5.74) is 1.90. The van der Waals surface area contributed by atoms with Crippen LogP contribution in [0.5, 0.6) is 0 Å². The summed E-state index contributed by atoms with van der Waals surface area (Å²) in [6, 6.07) is 17.1. The van der Waals surface area contributed by atoms with E-state index in [1.165, 1.54) is 9.71 Å². The van der Waals surface area contributed by atoms with Gasteiger partial charge in [-0.15, -0.1) is 0 Å². The molecule has 126 valence electrons. The zero-order valence-corrected chi connectivity index (χ0v) is 14.7. The molecule has 0 aromatic heterocycles. The predicted molar refractivity (Wildman–Crippen MR) is 99.6 cm³/mol. The molecule has 0 saturated carbocycles. The Bertz CT molecular complexity index is 814. The van der Waals surface area contributed by atoms with Crippen molar-refractivity contribution in [2.45, 2.75) is 0 Å². The summed E-state index contributed by atoms with van der Waals surface area (Å²) in [5.74, 6) is 0. The molecule has 1 fully saturated rings. The number of hydrogen-bond donors (Lipinski definition) is 0. The Morgan fingerprint density at radius 2 is 1.62 bits per heavy atom. The molecule has 6 heteroatoms. The number of rotatable bonds is 4. The highest BCUT2D eigenvalue weighted by molar-refractivity contribution is 7.92. The second kappa shape index (κ2) is 7.38. The number of nitrogens with zero attached hydrogens (tertiary/aromatic N) is 2. The van der Waals surface area contributed by atoms with Gasteiger partial charge in [0.15, 0.2) is 0 Å². The van der Waals surface area contributed by atoms with E-state index in [2.05, 4.69) is 4.90 Å². The summed E-state index contributed by atoms with van der Waals surface area (Å²) in [6.07, 6.45) is 1.64. The first-order valence-electron chi connectivity index (χ1n) is 7.78. The van der Waals surface area contributed by atoms with Crippen LogP contribution in [0.15, 0.2) is 60.0 Å². The average Bonchev–Trinajstić information content (AvgIpc) is 2.61. The molecular weight excluding hydrogens is 344 g/mol. The number of halogens is 1. The van der Waals surface area contributed by atoms with Gasteiger partial charge in [0.2, 0.25) is 10.0 Å². The molecular formula is C18H19ClN2O2S. The zero-order chi connectivity index (χ0) is 17.0. The van der Waals surface area contributed by atoms with Gasteiger partial charge in [0.25, 0.3) is 0 Å². The molecule has 1 heterocycles. The molecule has 1 aliphatic heterocycles. The number of sulfonamides is 1. The third-order valence-electron chi connectivity index (χ3n) is 4.00. The molecule has 0 radical (unpaired) electrons. The fourth-order valence-electron chi connectivity index (χ4n) is 2.69. The van der Waals surface area contributed by atoms with E-state index in [0.29, 0.717) is 31.2 Å². The Labute approximate surface area is 148 Å². The van der Waals surface area contributed by atoms with Gasteiger partial charge in [-0.2, -0.15) is 4.31 Å². The van der Waals surface area contributed by atoms with Crippen molar-refractivity contribution in [1.82, 2.24) is 4.31 Å². The van der Waals surface area contributed by atoms with Crippen molar-refractivity contribution < 1.29 is 8.42 Å². The SMILES string of the molecule is O=S(=O)(/C=C/c1ccccc1)N1CCN(c2cccc(Cl)c2)CC1. The van der Waals surface area contributed by atoms with Gasteiger partial charge in [-0.3, -0.25) is 0 Å². The molecule has 2 aromatic carbocycles. The molecule has 3 rings (SSSR count). The fraction of sp³-hybridized carbons (Fsp3) is 0.222. The minimum atomic E-state index is -3.40. The Morgan fingerprint density at radius 3 is 2.29 bits per heavy atom. The number of hydrogen-bond acceptors (Lipinski definition) is 3. The Morgan fingerprint density at radius 1 is 0.917 bits per heavy atom. The maximum Gasteiger partial charge on any atom is 0.236 e. The Kier molecular flexibility index (Phi) is 5.23. The first-order valence-corrected chi connectivity index (χ1v) is 9.66. The van der Waals surface area contributed by atoms with E-state index in [0.717, 1.165) is 11.3 Å². The van der Waals surface area contributed by atoms with Crippen LogP contribution in [0.1, 0.15) is 5.56 Å².